The Balaban J connectivity index is 1.95. The topological polar surface area (TPSA) is 26.0 Å². The summed E-state index contributed by atoms with van der Waals surface area (Å²) in [5.41, 5.74) is 12.6. The fourth-order valence-electron chi connectivity index (χ4n) is 3.03. The van der Waals surface area contributed by atoms with Gasteiger partial charge in [0.2, 0.25) is 0 Å². The van der Waals surface area contributed by atoms with E-state index in [0.29, 0.717) is 0 Å². The van der Waals surface area contributed by atoms with Crippen LogP contribution in [0.3, 0.4) is 0 Å². The summed E-state index contributed by atoms with van der Waals surface area (Å²) in [4.78, 5) is 0. The van der Waals surface area contributed by atoms with E-state index in [2.05, 4.69) is 56.3 Å². The maximum atomic E-state index is 6.16. The van der Waals surface area contributed by atoms with Crippen LogP contribution in [0.1, 0.15) is 68.2 Å². The van der Waals surface area contributed by atoms with Crippen LogP contribution in [0.25, 0.3) is 0 Å². The van der Waals surface area contributed by atoms with Crippen molar-refractivity contribution in [3.05, 3.63) is 64.7 Å². The van der Waals surface area contributed by atoms with Crippen molar-refractivity contribution in [2.75, 3.05) is 5.73 Å². The SMILES string of the molecule is CCCCCCCc1cc(Cc2ccc(CC)cc2)ccc1N. The molecule has 0 unspecified atom stereocenters. The van der Waals surface area contributed by atoms with Crippen molar-refractivity contribution < 1.29 is 0 Å². The summed E-state index contributed by atoms with van der Waals surface area (Å²) < 4.78 is 0. The molecule has 0 atom stereocenters. The predicted octanol–water partition coefficient (Wildman–Crippen LogP) is 5.93. The summed E-state index contributed by atoms with van der Waals surface area (Å²) >= 11 is 0. The van der Waals surface area contributed by atoms with E-state index in [1.165, 1.54) is 54.4 Å². The highest BCUT2D eigenvalue weighted by Crippen LogP contribution is 2.20. The molecule has 0 bridgehead atoms. The van der Waals surface area contributed by atoms with Crippen LogP contribution in [0.4, 0.5) is 5.69 Å². The number of rotatable bonds is 9. The number of aryl methyl sites for hydroxylation is 2. The molecule has 2 aromatic carbocycles. The molecular weight excluding hydrogens is 278 g/mol. The quantitative estimate of drug-likeness (QED) is 0.450. The van der Waals surface area contributed by atoms with Gasteiger partial charge in [-0.3, -0.25) is 0 Å². The van der Waals surface area contributed by atoms with Crippen molar-refractivity contribution >= 4 is 5.69 Å². The number of anilines is 1. The second-order valence-electron chi connectivity index (χ2n) is 6.54. The standard InChI is InChI=1S/C22H31N/c1-3-5-6-7-8-9-21-17-20(14-15-22(21)23)16-19-12-10-18(4-2)11-13-19/h10-15,17H,3-9,16,23H2,1-2H3. The third-order valence-electron chi connectivity index (χ3n) is 4.60. The first-order valence-corrected chi connectivity index (χ1v) is 9.18. The lowest BCUT2D eigenvalue weighted by atomic mass is 9.98. The Morgan fingerprint density at radius 2 is 1.39 bits per heavy atom. The molecule has 0 amide bonds. The van der Waals surface area contributed by atoms with Crippen LogP contribution in [0, 0.1) is 0 Å². The van der Waals surface area contributed by atoms with E-state index in [9.17, 15) is 0 Å². The van der Waals surface area contributed by atoms with E-state index in [-0.39, 0.29) is 0 Å². The largest absolute Gasteiger partial charge is 0.399 e. The zero-order valence-corrected chi connectivity index (χ0v) is 14.8. The molecule has 23 heavy (non-hydrogen) atoms. The Morgan fingerprint density at radius 3 is 2.09 bits per heavy atom. The number of unbranched alkanes of at least 4 members (excludes halogenated alkanes) is 4. The second-order valence-corrected chi connectivity index (χ2v) is 6.54. The molecule has 0 fully saturated rings. The smallest absolute Gasteiger partial charge is 0.0346 e. The molecule has 0 aromatic heterocycles. The maximum absolute atomic E-state index is 6.16. The van der Waals surface area contributed by atoms with Gasteiger partial charge in [-0.2, -0.15) is 0 Å². The molecular formula is C22H31N. The molecule has 0 aliphatic heterocycles. The fraction of sp³-hybridized carbons (Fsp3) is 0.455. The van der Waals surface area contributed by atoms with Gasteiger partial charge in [0.15, 0.2) is 0 Å². The first kappa shape index (κ1) is 17.6. The first-order chi connectivity index (χ1) is 11.2. The van der Waals surface area contributed by atoms with Gasteiger partial charge in [-0.15, -0.1) is 0 Å². The van der Waals surface area contributed by atoms with Crippen LogP contribution in [0.15, 0.2) is 42.5 Å². The van der Waals surface area contributed by atoms with Crippen molar-refractivity contribution in [1.82, 2.24) is 0 Å². The monoisotopic (exact) mass is 309 g/mol. The van der Waals surface area contributed by atoms with Crippen molar-refractivity contribution in [3.63, 3.8) is 0 Å². The molecule has 124 valence electrons. The number of nitrogen functional groups attached to an aromatic ring is 1. The van der Waals surface area contributed by atoms with Gasteiger partial charge in [-0.05, 0) is 54.0 Å². The average molecular weight is 309 g/mol. The Bertz CT molecular complexity index is 583. The summed E-state index contributed by atoms with van der Waals surface area (Å²) in [5.74, 6) is 0. The summed E-state index contributed by atoms with van der Waals surface area (Å²) in [5, 5.41) is 0. The third-order valence-corrected chi connectivity index (χ3v) is 4.60. The molecule has 2 rings (SSSR count). The lowest BCUT2D eigenvalue weighted by molar-refractivity contribution is 0.632. The van der Waals surface area contributed by atoms with E-state index in [4.69, 9.17) is 5.73 Å². The van der Waals surface area contributed by atoms with Gasteiger partial charge < -0.3 is 5.73 Å². The highest BCUT2D eigenvalue weighted by Gasteiger charge is 2.03. The summed E-state index contributed by atoms with van der Waals surface area (Å²) in [6.07, 6.45) is 9.77. The van der Waals surface area contributed by atoms with Crippen LogP contribution in [-0.4, -0.2) is 0 Å². The van der Waals surface area contributed by atoms with E-state index in [1.54, 1.807) is 0 Å². The fourth-order valence-corrected chi connectivity index (χ4v) is 3.03. The van der Waals surface area contributed by atoms with Crippen molar-refractivity contribution in [3.8, 4) is 0 Å². The van der Waals surface area contributed by atoms with Crippen LogP contribution in [0.5, 0.6) is 0 Å². The maximum Gasteiger partial charge on any atom is 0.0346 e. The molecule has 2 aromatic rings. The molecule has 1 nitrogen and oxygen atoms in total. The highest BCUT2D eigenvalue weighted by molar-refractivity contribution is 5.49. The van der Waals surface area contributed by atoms with Crippen LogP contribution in [0.2, 0.25) is 0 Å². The van der Waals surface area contributed by atoms with Gasteiger partial charge in [0.05, 0.1) is 0 Å². The van der Waals surface area contributed by atoms with Gasteiger partial charge in [-0.1, -0.05) is 75.9 Å². The minimum Gasteiger partial charge on any atom is -0.399 e. The molecule has 1 heteroatoms. The lowest BCUT2D eigenvalue weighted by Gasteiger charge is -2.10. The molecule has 2 N–H and O–H groups in total. The highest BCUT2D eigenvalue weighted by atomic mass is 14.6. The molecule has 0 spiro atoms. The second kappa shape index (κ2) is 9.39. The minimum absolute atomic E-state index is 0.950. The van der Waals surface area contributed by atoms with Gasteiger partial charge in [0, 0.05) is 5.69 Å². The number of nitrogens with two attached hydrogens (primary N) is 1. The Labute approximate surface area is 141 Å². The third kappa shape index (κ3) is 5.74. The predicted molar refractivity (Wildman–Crippen MR) is 102 cm³/mol. The molecule has 0 aliphatic rings. The van der Waals surface area contributed by atoms with Crippen LogP contribution >= 0.6 is 0 Å². The zero-order chi connectivity index (χ0) is 16.5. The van der Waals surface area contributed by atoms with Crippen LogP contribution < -0.4 is 5.73 Å². The van der Waals surface area contributed by atoms with Crippen molar-refractivity contribution in [2.45, 2.75) is 65.2 Å². The van der Waals surface area contributed by atoms with Gasteiger partial charge in [-0.25, -0.2) is 0 Å². The van der Waals surface area contributed by atoms with E-state index >= 15 is 0 Å². The van der Waals surface area contributed by atoms with E-state index in [1.807, 2.05) is 0 Å². The number of hydrogen-bond acceptors (Lipinski definition) is 1. The van der Waals surface area contributed by atoms with E-state index < -0.39 is 0 Å². The van der Waals surface area contributed by atoms with Crippen LogP contribution in [-0.2, 0) is 19.3 Å². The molecule has 0 aliphatic carbocycles. The Hall–Kier alpha value is -1.76. The van der Waals surface area contributed by atoms with Gasteiger partial charge in [0.25, 0.3) is 0 Å². The average Bonchev–Trinajstić information content (AvgIpc) is 2.58. The summed E-state index contributed by atoms with van der Waals surface area (Å²) in [6, 6.07) is 15.5. The van der Waals surface area contributed by atoms with Crippen molar-refractivity contribution in [1.29, 1.82) is 0 Å². The first-order valence-electron chi connectivity index (χ1n) is 9.18. The molecule has 0 saturated heterocycles. The van der Waals surface area contributed by atoms with Crippen molar-refractivity contribution in [2.24, 2.45) is 0 Å². The number of benzene rings is 2. The molecule has 0 heterocycles. The van der Waals surface area contributed by atoms with E-state index in [0.717, 1.165) is 24.9 Å². The number of hydrogen-bond donors (Lipinski definition) is 1. The lowest BCUT2D eigenvalue weighted by Crippen LogP contribution is -1.98. The minimum atomic E-state index is 0.950. The summed E-state index contributed by atoms with van der Waals surface area (Å²) in [7, 11) is 0. The molecule has 0 saturated carbocycles. The zero-order valence-electron chi connectivity index (χ0n) is 14.8. The normalized spacial score (nSPS) is 10.9. The molecule has 0 radical (unpaired) electrons. The Kier molecular flexibility index (Phi) is 7.19. The summed E-state index contributed by atoms with van der Waals surface area (Å²) in [6.45, 7) is 4.45. The van der Waals surface area contributed by atoms with Gasteiger partial charge >= 0.3 is 0 Å². The Morgan fingerprint density at radius 1 is 0.739 bits per heavy atom. The van der Waals surface area contributed by atoms with Gasteiger partial charge in [0.1, 0.15) is 0 Å².